The molecule has 0 radical (unpaired) electrons. The van der Waals surface area contributed by atoms with E-state index in [-0.39, 0.29) is 0 Å². The van der Waals surface area contributed by atoms with Crippen LogP contribution in [0.3, 0.4) is 0 Å². The minimum absolute atomic E-state index is 0.563. The molecule has 6 heteroatoms. The highest BCUT2D eigenvalue weighted by Crippen LogP contribution is 2.41. The zero-order chi connectivity index (χ0) is 26.8. The van der Waals surface area contributed by atoms with Crippen LogP contribution in [0.1, 0.15) is 53.8 Å². The summed E-state index contributed by atoms with van der Waals surface area (Å²) in [7, 11) is 2.18. The number of likely N-dealkylation sites (N-methyl/N-ethyl adjacent to an activating group) is 1. The summed E-state index contributed by atoms with van der Waals surface area (Å²) in [5, 5.41) is 1.15. The maximum Gasteiger partial charge on any atom is 0.124 e. The number of likely N-dealkylation sites (tertiary alicyclic amines) is 1. The molecule has 39 heavy (non-hydrogen) atoms. The molecule has 4 heterocycles. The van der Waals surface area contributed by atoms with E-state index >= 15 is 0 Å². The maximum absolute atomic E-state index is 6.36. The summed E-state index contributed by atoms with van der Waals surface area (Å²) in [5.74, 6) is 1.00. The van der Waals surface area contributed by atoms with E-state index in [1.807, 2.05) is 11.3 Å². The van der Waals surface area contributed by atoms with Gasteiger partial charge in [0, 0.05) is 43.3 Å². The highest BCUT2D eigenvalue weighted by atomic mass is 32.1. The highest BCUT2D eigenvalue weighted by molar-refractivity contribution is 7.15. The molecule has 0 N–H and O–H groups in total. The number of ether oxygens (including phenoxy) is 2. The molecule has 6 rings (SSSR count). The Morgan fingerprint density at radius 1 is 0.923 bits per heavy atom. The standard InChI is InChI=1S/C33H43N3O2S/c1-24-26(7-4-9-28(24)32-34-29-23-35(3)17-11-31(29)39-32)27-8-5-10-30(25(27)2)38-20-6-16-36-18-12-33(13-19-36)14-21-37-22-15-33/h4-5,7-10H,6,11-23H2,1-3H3. The normalized spacial score (nSPS) is 19.8. The van der Waals surface area contributed by atoms with Gasteiger partial charge in [0.15, 0.2) is 0 Å². The molecule has 2 fully saturated rings. The lowest BCUT2D eigenvalue weighted by Gasteiger charge is -2.44. The van der Waals surface area contributed by atoms with Crippen LogP contribution >= 0.6 is 11.3 Å². The fraction of sp³-hybridized carbons (Fsp3) is 0.545. The summed E-state index contributed by atoms with van der Waals surface area (Å²) < 4.78 is 12.0. The van der Waals surface area contributed by atoms with Crippen molar-refractivity contribution in [1.82, 2.24) is 14.8 Å². The molecule has 0 aliphatic carbocycles. The van der Waals surface area contributed by atoms with E-state index in [4.69, 9.17) is 14.5 Å². The molecule has 0 unspecified atom stereocenters. The molecule has 0 amide bonds. The first kappa shape index (κ1) is 26.9. The number of thiazole rings is 1. The van der Waals surface area contributed by atoms with Gasteiger partial charge < -0.3 is 19.3 Å². The summed E-state index contributed by atoms with van der Waals surface area (Å²) in [6.07, 6.45) is 7.35. The minimum Gasteiger partial charge on any atom is -0.493 e. The molecular formula is C33H43N3O2S. The van der Waals surface area contributed by atoms with Crippen molar-refractivity contribution in [3.8, 4) is 27.4 Å². The molecule has 208 valence electrons. The van der Waals surface area contributed by atoms with Crippen molar-refractivity contribution in [3.63, 3.8) is 0 Å². The second kappa shape index (κ2) is 11.7. The Kier molecular flexibility index (Phi) is 8.08. The fourth-order valence-electron chi connectivity index (χ4n) is 6.69. The first-order valence-electron chi connectivity index (χ1n) is 14.8. The molecule has 1 aromatic heterocycles. The molecule has 0 saturated carbocycles. The van der Waals surface area contributed by atoms with Gasteiger partial charge in [0.25, 0.3) is 0 Å². The van der Waals surface area contributed by atoms with Crippen LogP contribution in [0.2, 0.25) is 0 Å². The SMILES string of the molecule is Cc1c(OCCCN2CCC3(CCOCC3)CC2)cccc1-c1cccc(-c2nc3c(s2)CCN(C)C3)c1C. The molecule has 0 bridgehead atoms. The molecular weight excluding hydrogens is 502 g/mol. The van der Waals surface area contributed by atoms with Crippen LogP contribution < -0.4 is 4.74 Å². The molecule has 3 aliphatic rings. The third kappa shape index (κ3) is 5.81. The van der Waals surface area contributed by atoms with E-state index in [9.17, 15) is 0 Å². The number of aromatic nitrogens is 1. The van der Waals surface area contributed by atoms with E-state index < -0.39 is 0 Å². The second-order valence-corrected chi connectivity index (χ2v) is 13.0. The first-order valence-corrected chi connectivity index (χ1v) is 15.6. The zero-order valence-electron chi connectivity index (χ0n) is 23.9. The smallest absolute Gasteiger partial charge is 0.124 e. The largest absolute Gasteiger partial charge is 0.493 e. The maximum atomic E-state index is 6.36. The van der Waals surface area contributed by atoms with E-state index in [1.54, 1.807) is 0 Å². The van der Waals surface area contributed by atoms with Crippen molar-refractivity contribution in [2.45, 2.75) is 58.9 Å². The number of hydrogen-bond acceptors (Lipinski definition) is 6. The van der Waals surface area contributed by atoms with Crippen LogP contribution in [0, 0.1) is 19.3 Å². The van der Waals surface area contributed by atoms with Gasteiger partial charge in [0.05, 0.1) is 12.3 Å². The predicted molar refractivity (Wildman–Crippen MR) is 161 cm³/mol. The average Bonchev–Trinajstić information content (AvgIpc) is 3.37. The molecule has 1 spiro atoms. The Hall–Kier alpha value is -2.25. The van der Waals surface area contributed by atoms with Crippen LogP contribution in [0.4, 0.5) is 0 Å². The lowest BCUT2D eigenvalue weighted by atomic mass is 9.72. The topological polar surface area (TPSA) is 37.8 Å². The first-order chi connectivity index (χ1) is 19.0. The van der Waals surface area contributed by atoms with Gasteiger partial charge in [-0.05, 0) is 106 Å². The van der Waals surface area contributed by atoms with Gasteiger partial charge in [-0.15, -0.1) is 11.3 Å². The van der Waals surface area contributed by atoms with E-state index in [2.05, 4.69) is 67.1 Å². The molecule has 3 aromatic rings. The van der Waals surface area contributed by atoms with Gasteiger partial charge in [0.1, 0.15) is 10.8 Å². The molecule has 3 aliphatic heterocycles. The summed E-state index contributed by atoms with van der Waals surface area (Å²) in [6, 6.07) is 13.1. The number of rotatable bonds is 7. The fourth-order valence-corrected chi connectivity index (χ4v) is 7.83. The summed E-state index contributed by atoms with van der Waals surface area (Å²) in [5.41, 5.74) is 8.12. The Labute approximate surface area is 238 Å². The van der Waals surface area contributed by atoms with Gasteiger partial charge in [-0.25, -0.2) is 4.98 Å². The van der Waals surface area contributed by atoms with E-state index in [1.165, 1.54) is 77.2 Å². The quantitative estimate of drug-likeness (QED) is 0.307. The van der Waals surface area contributed by atoms with Gasteiger partial charge in [-0.1, -0.05) is 30.3 Å². The van der Waals surface area contributed by atoms with Crippen LogP contribution in [0.25, 0.3) is 21.7 Å². The van der Waals surface area contributed by atoms with Crippen molar-refractivity contribution in [1.29, 1.82) is 0 Å². The van der Waals surface area contributed by atoms with Crippen molar-refractivity contribution < 1.29 is 9.47 Å². The van der Waals surface area contributed by atoms with Crippen LogP contribution in [-0.4, -0.2) is 67.8 Å². The number of nitrogens with zero attached hydrogens (tertiary/aromatic N) is 3. The van der Waals surface area contributed by atoms with Crippen molar-refractivity contribution in [2.75, 3.05) is 53.0 Å². The van der Waals surface area contributed by atoms with Gasteiger partial charge in [-0.3, -0.25) is 0 Å². The third-order valence-electron chi connectivity index (χ3n) is 9.40. The zero-order valence-corrected chi connectivity index (χ0v) is 24.7. The van der Waals surface area contributed by atoms with Gasteiger partial charge in [0.2, 0.25) is 0 Å². The van der Waals surface area contributed by atoms with Crippen molar-refractivity contribution in [2.24, 2.45) is 5.41 Å². The Morgan fingerprint density at radius 3 is 2.44 bits per heavy atom. The lowest BCUT2D eigenvalue weighted by Crippen LogP contribution is -2.43. The predicted octanol–water partition coefficient (Wildman–Crippen LogP) is 6.74. The van der Waals surface area contributed by atoms with Crippen LogP contribution in [0.15, 0.2) is 36.4 Å². The highest BCUT2D eigenvalue weighted by Gasteiger charge is 2.35. The van der Waals surface area contributed by atoms with Crippen LogP contribution in [-0.2, 0) is 17.7 Å². The minimum atomic E-state index is 0.563. The Morgan fingerprint density at radius 2 is 1.64 bits per heavy atom. The summed E-state index contributed by atoms with van der Waals surface area (Å²) in [4.78, 5) is 11.5. The van der Waals surface area contributed by atoms with Gasteiger partial charge >= 0.3 is 0 Å². The van der Waals surface area contributed by atoms with E-state index in [0.717, 1.165) is 63.1 Å². The van der Waals surface area contributed by atoms with Crippen molar-refractivity contribution >= 4 is 11.3 Å². The van der Waals surface area contributed by atoms with Crippen molar-refractivity contribution in [3.05, 3.63) is 58.1 Å². The average molecular weight is 546 g/mol. The second-order valence-electron chi connectivity index (χ2n) is 11.9. The summed E-state index contributed by atoms with van der Waals surface area (Å²) in [6.45, 7) is 12.8. The van der Waals surface area contributed by atoms with E-state index in [0.29, 0.717) is 5.41 Å². The molecule has 2 saturated heterocycles. The third-order valence-corrected chi connectivity index (χ3v) is 10.6. The lowest BCUT2D eigenvalue weighted by molar-refractivity contribution is -0.0209. The number of hydrogen-bond donors (Lipinski definition) is 0. The molecule has 2 aromatic carbocycles. The van der Waals surface area contributed by atoms with Crippen LogP contribution in [0.5, 0.6) is 5.75 Å². The number of fused-ring (bicyclic) bond motifs is 1. The Bertz CT molecular complexity index is 1290. The monoisotopic (exact) mass is 545 g/mol. The van der Waals surface area contributed by atoms with Gasteiger partial charge in [-0.2, -0.15) is 0 Å². The molecule has 0 atom stereocenters. The number of piperidine rings is 1. The molecule has 5 nitrogen and oxygen atoms in total. The number of benzene rings is 2. The summed E-state index contributed by atoms with van der Waals surface area (Å²) >= 11 is 1.88. The Balaban J connectivity index is 1.09.